The number of likely N-dealkylation sites (N-methyl/N-ethyl adjacent to an activating group) is 1. The van der Waals surface area contributed by atoms with Crippen molar-refractivity contribution in [3.05, 3.63) is 50.1 Å². The van der Waals surface area contributed by atoms with Gasteiger partial charge in [0.25, 0.3) is 5.56 Å². The summed E-state index contributed by atoms with van der Waals surface area (Å²) in [5.41, 5.74) is -0.282. The highest BCUT2D eigenvalue weighted by Gasteiger charge is 2.26. The van der Waals surface area contributed by atoms with E-state index in [9.17, 15) is 14.7 Å². The number of aliphatic hydroxyl groups is 1. The Balaban J connectivity index is 1.67. The molecule has 2 aromatic heterocycles. The Morgan fingerprint density at radius 2 is 1.76 bits per heavy atom. The molecule has 0 spiro atoms. The highest BCUT2D eigenvalue weighted by Crippen LogP contribution is 2.22. The molecule has 1 aliphatic heterocycles. The first-order chi connectivity index (χ1) is 15.8. The van der Waals surface area contributed by atoms with Gasteiger partial charge in [-0.1, -0.05) is 18.5 Å². The van der Waals surface area contributed by atoms with Crippen LogP contribution in [0.1, 0.15) is 6.92 Å². The third-order valence-electron chi connectivity index (χ3n) is 6.08. The zero-order chi connectivity index (χ0) is 23.7. The van der Waals surface area contributed by atoms with Crippen molar-refractivity contribution in [2.75, 3.05) is 44.2 Å². The van der Waals surface area contributed by atoms with Gasteiger partial charge in [-0.05, 0) is 30.8 Å². The van der Waals surface area contributed by atoms with Gasteiger partial charge in [0.05, 0.1) is 6.54 Å². The zero-order valence-electron chi connectivity index (χ0n) is 19.1. The van der Waals surface area contributed by atoms with Gasteiger partial charge < -0.3 is 24.2 Å². The quantitative estimate of drug-likeness (QED) is 0.535. The highest BCUT2D eigenvalue weighted by atomic mass is 35.5. The van der Waals surface area contributed by atoms with Crippen LogP contribution in [0.4, 0.5) is 5.95 Å². The van der Waals surface area contributed by atoms with Crippen LogP contribution in [0, 0.1) is 0 Å². The number of aromatic nitrogens is 4. The summed E-state index contributed by atoms with van der Waals surface area (Å²) in [5, 5.41) is 11.4. The Hall–Kier alpha value is -2.82. The molecule has 0 saturated carbocycles. The topological polar surface area (TPSA) is 97.8 Å². The van der Waals surface area contributed by atoms with Crippen molar-refractivity contribution in [1.82, 2.24) is 23.6 Å². The van der Waals surface area contributed by atoms with Gasteiger partial charge >= 0.3 is 5.69 Å². The summed E-state index contributed by atoms with van der Waals surface area (Å²) < 4.78 is 9.85. The Kier molecular flexibility index (Phi) is 6.78. The van der Waals surface area contributed by atoms with Crippen LogP contribution in [0.15, 0.2) is 33.9 Å². The van der Waals surface area contributed by atoms with E-state index in [0.717, 1.165) is 37.3 Å². The second-order valence-corrected chi connectivity index (χ2v) is 8.68. The number of aryl methyl sites for hydroxylation is 1. The monoisotopic (exact) mass is 476 g/mol. The number of piperazine rings is 1. The minimum Gasteiger partial charge on any atom is -0.491 e. The second-order valence-electron chi connectivity index (χ2n) is 8.24. The molecular formula is C22H29ClN6O4. The zero-order valence-corrected chi connectivity index (χ0v) is 19.8. The van der Waals surface area contributed by atoms with E-state index in [1.807, 2.05) is 0 Å². The molecule has 1 atom stereocenters. The van der Waals surface area contributed by atoms with Crippen molar-refractivity contribution in [1.29, 1.82) is 0 Å². The molecule has 3 heterocycles. The van der Waals surface area contributed by atoms with Gasteiger partial charge in [0.2, 0.25) is 5.95 Å². The van der Waals surface area contributed by atoms with Crippen LogP contribution in [0.25, 0.3) is 11.2 Å². The van der Waals surface area contributed by atoms with Crippen LogP contribution in [-0.4, -0.2) is 74.1 Å². The van der Waals surface area contributed by atoms with Gasteiger partial charge in [0.1, 0.15) is 18.5 Å². The van der Waals surface area contributed by atoms with E-state index in [-0.39, 0.29) is 18.7 Å². The van der Waals surface area contributed by atoms with Crippen LogP contribution < -0.4 is 20.9 Å². The number of fused-ring (bicyclic) bond motifs is 1. The molecule has 1 saturated heterocycles. The molecule has 0 aliphatic carbocycles. The van der Waals surface area contributed by atoms with Crippen molar-refractivity contribution in [2.24, 2.45) is 14.1 Å². The van der Waals surface area contributed by atoms with Crippen LogP contribution in [0.3, 0.4) is 0 Å². The molecule has 10 nitrogen and oxygen atoms in total. The normalized spacial score (nSPS) is 15.8. The molecule has 0 amide bonds. The van der Waals surface area contributed by atoms with Gasteiger partial charge in [-0.3, -0.25) is 13.9 Å². The van der Waals surface area contributed by atoms with E-state index in [4.69, 9.17) is 16.3 Å². The lowest BCUT2D eigenvalue weighted by molar-refractivity contribution is 0.0935. The maximum absolute atomic E-state index is 13.0. The number of ether oxygens (including phenoxy) is 1. The number of nitrogens with zero attached hydrogens (tertiary/aromatic N) is 6. The van der Waals surface area contributed by atoms with Gasteiger partial charge in [0, 0.05) is 45.3 Å². The maximum atomic E-state index is 13.0. The Morgan fingerprint density at radius 3 is 2.39 bits per heavy atom. The van der Waals surface area contributed by atoms with Crippen molar-refractivity contribution in [3.8, 4) is 5.75 Å². The first-order valence-electron chi connectivity index (χ1n) is 11.0. The van der Waals surface area contributed by atoms with Crippen molar-refractivity contribution in [3.63, 3.8) is 0 Å². The van der Waals surface area contributed by atoms with Gasteiger partial charge in [-0.2, -0.15) is 4.98 Å². The predicted octanol–water partition coefficient (Wildman–Crippen LogP) is 0.669. The van der Waals surface area contributed by atoms with Crippen molar-refractivity contribution in [2.45, 2.75) is 19.6 Å². The summed E-state index contributed by atoms with van der Waals surface area (Å²) in [6, 6.07) is 6.88. The van der Waals surface area contributed by atoms with E-state index < -0.39 is 17.4 Å². The van der Waals surface area contributed by atoms with E-state index in [2.05, 4.69) is 21.7 Å². The number of imidazole rings is 1. The molecule has 1 N–H and O–H groups in total. The number of halogens is 1. The van der Waals surface area contributed by atoms with E-state index >= 15 is 0 Å². The molecule has 1 aromatic carbocycles. The third-order valence-corrected chi connectivity index (χ3v) is 6.33. The van der Waals surface area contributed by atoms with Gasteiger partial charge in [0.15, 0.2) is 11.2 Å². The molecule has 0 radical (unpaired) electrons. The number of hydrogen-bond acceptors (Lipinski definition) is 7. The lowest BCUT2D eigenvalue weighted by Crippen LogP contribution is -2.47. The van der Waals surface area contributed by atoms with Crippen molar-refractivity contribution >= 4 is 28.7 Å². The highest BCUT2D eigenvalue weighted by molar-refractivity contribution is 6.30. The van der Waals surface area contributed by atoms with Crippen LogP contribution in [0.5, 0.6) is 5.75 Å². The average Bonchev–Trinajstić information content (AvgIpc) is 3.20. The maximum Gasteiger partial charge on any atom is 0.332 e. The Morgan fingerprint density at radius 1 is 1.09 bits per heavy atom. The molecule has 178 valence electrons. The summed E-state index contributed by atoms with van der Waals surface area (Å²) >= 11 is 5.91. The summed E-state index contributed by atoms with van der Waals surface area (Å²) in [4.78, 5) is 34.6. The minimum absolute atomic E-state index is 0.0242. The van der Waals surface area contributed by atoms with Gasteiger partial charge in [-0.25, -0.2) is 4.79 Å². The molecule has 1 fully saturated rings. The van der Waals surface area contributed by atoms with Gasteiger partial charge in [-0.15, -0.1) is 0 Å². The summed E-state index contributed by atoms with van der Waals surface area (Å²) in [6.07, 6.45) is -0.907. The molecule has 1 unspecified atom stereocenters. The fraction of sp³-hybridized carbons (Fsp3) is 0.500. The number of benzene rings is 1. The Labute approximate surface area is 196 Å². The number of aliphatic hydroxyl groups excluding tert-OH is 1. The van der Waals surface area contributed by atoms with E-state index in [1.165, 1.54) is 11.6 Å². The van der Waals surface area contributed by atoms with E-state index in [1.54, 1.807) is 35.9 Å². The summed E-state index contributed by atoms with van der Waals surface area (Å²) in [6.45, 7) is 6.45. The molecule has 1 aliphatic rings. The molecular weight excluding hydrogens is 448 g/mol. The molecule has 4 rings (SSSR count). The minimum atomic E-state index is -0.907. The largest absolute Gasteiger partial charge is 0.491 e. The number of rotatable bonds is 7. The van der Waals surface area contributed by atoms with Crippen LogP contribution in [-0.2, 0) is 20.6 Å². The first-order valence-corrected chi connectivity index (χ1v) is 11.4. The fourth-order valence-electron chi connectivity index (χ4n) is 4.10. The van der Waals surface area contributed by atoms with Crippen LogP contribution >= 0.6 is 11.6 Å². The van der Waals surface area contributed by atoms with Crippen molar-refractivity contribution < 1.29 is 9.84 Å². The van der Waals surface area contributed by atoms with Crippen LogP contribution in [0.2, 0.25) is 5.02 Å². The predicted molar refractivity (Wildman–Crippen MR) is 127 cm³/mol. The first kappa shape index (κ1) is 23.3. The molecule has 33 heavy (non-hydrogen) atoms. The summed E-state index contributed by atoms with van der Waals surface area (Å²) in [7, 11) is 3.04. The number of anilines is 1. The standard InChI is InChI=1S/C22H29ClN6O4/c1-4-27-9-11-28(12-10-27)21-24-19-18(20(31)26(3)22(32)25(19)2)29(21)13-16(30)14-33-17-7-5-15(23)6-8-17/h5-8,16,30H,4,9-14H2,1-3H3. The lowest BCUT2D eigenvalue weighted by Gasteiger charge is -2.35. The second kappa shape index (κ2) is 9.58. The number of hydrogen-bond donors (Lipinski definition) is 1. The third kappa shape index (κ3) is 4.64. The SMILES string of the molecule is CCN1CCN(c2nc3c(c(=O)n(C)c(=O)n3C)n2CC(O)COc2ccc(Cl)cc2)CC1. The Bertz CT molecular complexity index is 1240. The smallest absolute Gasteiger partial charge is 0.332 e. The molecule has 3 aromatic rings. The molecule has 0 bridgehead atoms. The summed E-state index contributed by atoms with van der Waals surface area (Å²) in [5.74, 6) is 1.16. The fourth-order valence-corrected chi connectivity index (χ4v) is 4.23. The van der Waals surface area contributed by atoms with E-state index in [0.29, 0.717) is 22.4 Å². The average molecular weight is 477 g/mol. The lowest BCUT2D eigenvalue weighted by atomic mass is 10.3. The molecule has 11 heteroatoms.